The van der Waals surface area contributed by atoms with Crippen LogP contribution in [0.2, 0.25) is 0 Å². The van der Waals surface area contributed by atoms with Crippen molar-refractivity contribution in [1.82, 2.24) is 15.2 Å². The zero-order chi connectivity index (χ0) is 43.1. The van der Waals surface area contributed by atoms with Crippen LogP contribution in [0.4, 0.5) is 0 Å². The fourth-order valence-corrected chi connectivity index (χ4v) is 16.7. The lowest BCUT2D eigenvalue weighted by molar-refractivity contribution is -0.221. The minimum absolute atomic E-state index is 0.0253. The summed E-state index contributed by atoms with van der Waals surface area (Å²) < 4.78 is 30.1. The van der Waals surface area contributed by atoms with E-state index in [-0.39, 0.29) is 56.9 Å². The number of hydrogen-bond acceptors (Lipinski definition) is 8. The molecule has 4 N–H and O–H groups in total. The fraction of sp³-hybridized carbons (Fsp3) is 0.735. The number of nitrogens with zero attached hydrogens (tertiary/aromatic N) is 2. The Labute approximate surface area is 359 Å². The highest BCUT2D eigenvalue weighted by Crippen LogP contribution is 2.76. The normalized spacial score (nSPS) is 40.7. The fourth-order valence-electron chi connectivity index (χ4n) is 15.4. The lowest BCUT2D eigenvalue weighted by Crippen LogP contribution is -2.68. The minimum Gasteiger partial charge on any atom is -0.481 e. The molecular formula is C49H72N4O6S. The van der Waals surface area contributed by atoms with Crippen LogP contribution in [0.25, 0.3) is 0 Å². The largest absolute Gasteiger partial charge is 0.481 e. The van der Waals surface area contributed by atoms with Crippen LogP contribution in [0.5, 0.6) is 5.88 Å². The topological polar surface area (TPSA) is 152 Å². The molecule has 10 nitrogen and oxygen atoms in total. The van der Waals surface area contributed by atoms with Crippen molar-refractivity contribution in [3.63, 3.8) is 0 Å². The van der Waals surface area contributed by atoms with Gasteiger partial charge in [0.25, 0.3) is 5.91 Å². The number of sulfone groups is 1. The molecule has 1 amide bonds. The van der Waals surface area contributed by atoms with Crippen LogP contribution in [-0.4, -0.2) is 85.1 Å². The summed E-state index contributed by atoms with van der Waals surface area (Å²) in [5.74, 6) is 2.16. The van der Waals surface area contributed by atoms with E-state index < -0.39 is 27.1 Å². The summed E-state index contributed by atoms with van der Waals surface area (Å²) in [4.78, 5) is 31.0. The Hall–Kier alpha value is -3.02. The van der Waals surface area contributed by atoms with Gasteiger partial charge in [0.15, 0.2) is 9.84 Å². The molecule has 1 aromatic heterocycles. The van der Waals surface area contributed by atoms with E-state index >= 15 is 0 Å². The number of pyridine rings is 1. The van der Waals surface area contributed by atoms with Crippen LogP contribution < -0.4 is 15.8 Å². The summed E-state index contributed by atoms with van der Waals surface area (Å²) in [6.45, 7) is 22.9. The molecule has 1 unspecified atom stereocenters. The predicted molar refractivity (Wildman–Crippen MR) is 236 cm³/mol. The minimum atomic E-state index is -2.88. The summed E-state index contributed by atoms with van der Waals surface area (Å²) in [6.07, 6.45) is 17.2. The molecule has 4 saturated carbocycles. The highest BCUT2D eigenvalue weighted by Gasteiger charge is 2.70. The maximum absolute atomic E-state index is 12.8. The second-order valence-corrected chi connectivity index (χ2v) is 24.1. The van der Waals surface area contributed by atoms with Gasteiger partial charge in [-0.2, -0.15) is 0 Å². The molecule has 1 aliphatic heterocycles. The number of rotatable bonds is 11. The lowest BCUT2D eigenvalue weighted by atomic mass is 9.33. The van der Waals surface area contributed by atoms with E-state index in [0.717, 1.165) is 19.5 Å². The molecular weight excluding hydrogens is 773 g/mol. The molecule has 330 valence electrons. The molecule has 1 saturated heterocycles. The molecule has 10 atom stereocenters. The second kappa shape index (κ2) is 15.4. The van der Waals surface area contributed by atoms with E-state index in [1.54, 1.807) is 12.1 Å². The average molecular weight is 845 g/mol. The molecule has 0 radical (unpaired) electrons. The third-order valence-electron chi connectivity index (χ3n) is 18.9. The van der Waals surface area contributed by atoms with Gasteiger partial charge in [-0.25, -0.2) is 13.4 Å². The molecule has 0 spiro atoms. The van der Waals surface area contributed by atoms with Crippen molar-refractivity contribution in [3.8, 4) is 5.88 Å². The maximum atomic E-state index is 12.8. The smallest absolute Gasteiger partial charge is 0.313 e. The first-order valence-electron chi connectivity index (χ1n) is 23.1. The predicted octanol–water partition coefficient (Wildman–Crippen LogP) is 8.01. The molecule has 6 aliphatic carbocycles. The van der Waals surface area contributed by atoms with Crippen molar-refractivity contribution in [2.24, 2.45) is 62.4 Å². The summed E-state index contributed by atoms with van der Waals surface area (Å²) in [5, 5.41) is 14.7. The molecule has 60 heavy (non-hydrogen) atoms. The van der Waals surface area contributed by atoms with Gasteiger partial charge in [0.1, 0.15) is 17.7 Å². The molecule has 11 heteroatoms. The Bertz CT molecular complexity index is 2070. The first-order valence-corrected chi connectivity index (χ1v) is 24.9. The van der Waals surface area contributed by atoms with Crippen molar-refractivity contribution in [2.45, 2.75) is 124 Å². The quantitative estimate of drug-likeness (QED) is 0.188. The standard InChI is InChI=1S/C49H72N4O6S/c1-32(2)34-15-22-49(51-25-26-53-27-29-60(57,58)30-28-53)24-23-46(6)36(41(34)49)11-12-39-45(5)18-16-35(44(3,4)38(45)17-19-47(39,46)7)33-13-20-48(21-14-33,43(55)56)31-59-40-10-8-9-37(52-40)42(50)54/h8-10,13,16,34,36,38-39,41,51H,1,11-12,14-15,17-31H2,2-7H3,(H2,50,54)(H,55,56)/t34-,36+,38-,39+,41+,45-,46+,47+,48?,49-/m0/s1. The number of carbonyl (C=O) groups is 2. The Morgan fingerprint density at radius 1 is 0.950 bits per heavy atom. The van der Waals surface area contributed by atoms with E-state index in [1.807, 2.05) is 0 Å². The molecule has 2 heterocycles. The number of amides is 1. The molecule has 8 rings (SSSR count). The number of carboxylic acids is 1. The molecule has 7 aliphatic rings. The van der Waals surface area contributed by atoms with Crippen LogP contribution in [0, 0.1) is 56.7 Å². The Morgan fingerprint density at radius 2 is 1.70 bits per heavy atom. The van der Waals surface area contributed by atoms with Gasteiger partial charge >= 0.3 is 5.97 Å². The number of nitrogens with one attached hydrogen (secondary N) is 1. The van der Waals surface area contributed by atoms with Gasteiger partial charge in [-0.1, -0.05) is 65.0 Å². The van der Waals surface area contributed by atoms with Crippen LogP contribution >= 0.6 is 0 Å². The third-order valence-corrected chi connectivity index (χ3v) is 20.5. The number of allylic oxidation sites excluding steroid dienone is 5. The zero-order valence-corrected chi connectivity index (χ0v) is 38.1. The van der Waals surface area contributed by atoms with E-state index in [2.05, 4.69) is 75.5 Å². The molecule has 0 aromatic carbocycles. The third kappa shape index (κ3) is 7.03. The van der Waals surface area contributed by atoms with Gasteiger partial charge in [0.2, 0.25) is 5.88 Å². The molecule has 0 bridgehead atoms. The van der Waals surface area contributed by atoms with Crippen molar-refractivity contribution in [3.05, 3.63) is 59.3 Å². The molecule has 5 fully saturated rings. The number of fused-ring (bicyclic) bond motifs is 7. The SMILES string of the molecule is C=C(C)[C@@H]1CC[C@]2(NCCN3CCS(=O)(=O)CC3)CC[C@]3(C)[C@H](CC[C@@H]4[C@@]5(C)CC=C(C6=CCC(COc7cccc(C(N)=O)n7)(C(=O)O)CC6)C(C)(C)[C@@H]5CC[C@]43C)[C@@H]12. The van der Waals surface area contributed by atoms with Crippen molar-refractivity contribution >= 4 is 21.7 Å². The first-order chi connectivity index (χ1) is 28.2. The Kier molecular flexibility index (Phi) is 11.2. The number of aromatic nitrogens is 1. The van der Waals surface area contributed by atoms with Crippen LogP contribution in [0.1, 0.15) is 129 Å². The molecule has 1 aromatic rings. The van der Waals surface area contributed by atoms with Gasteiger partial charge in [0, 0.05) is 37.8 Å². The Balaban J connectivity index is 1.000. The van der Waals surface area contributed by atoms with Gasteiger partial charge in [-0.3, -0.25) is 9.59 Å². The van der Waals surface area contributed by atoms with E-state index in [1.165, 1.54) is 74.2 Å². The van der Waals surface area contributed by atoms with E-state index in [4.69, 9.17) is 10.5 Å². The summed E-state index contributed by atoms with van der Waals surface area (Å²) in [7, 11) is -2.88. The summed E-state index contributed by atoms with van der Waals surface area (Å²) >= 11 is 0. The highest BCUT2D eigenvalue weighted by molar-refractivity contribution is 7.91. The monoisotopic (exact) mass is 845 g/mol. The van der Waals surface area contributed by atoms with Crippen LogP contribution in [0.3, 0.4) is 0 Å². The number of carbonyl (C=O) groups excluding carboxylic acids is 1. The number of aliphatic carboxylic acids is 1. The summed E-state index contributed by atoms with van der Waals surface area (Å²) in [6, 6.07) is 4.79. The summed E-state index contributed by atoms with van der Waals surface area (Å²) in [5.41, 5.74) is 9.21. The van der Waals surface area contributed by atoms with E-state index in [9.17, 15) is 23.1 Å². The van der Waals surface area contributed by atoms with Crippen molar-refractivity contribution < 1.29 is 27.9 Å². The van der Waals surface area contributed by atoms with Crippen LogP contribution in [-0.2, 0) is 14.6 Å². The van der Waals surface area contributed by atoms with E-state index in [0.29, 0.717) is 61.9 Å². The average Bonchev–Trinajstić information content (AvgIpc) is 3.58. The zero-order valence-electron chi connectivity index (χ0n) is 37.3. The van der Waals surface area contributed by atoms with Crippen molar-refractivity contribution in [1.29, 1.82) is 0 Å². The second-order valence-electron chi connectivity index (χ2n) is 21.8. The number of ether oxygens (including phenoxy) is 1. The van der Waals surface area contributed by atoms with Crippen LogP contribution in [0.15, 0.2) is 53.6 Å². The van der Waals surface area contributed by atoms with Gasteiger partial charge < -0.3 is 25.8 Å². The number of nitrogens with two attached hydrogens (primary N) is 1. The highest BCUT2D eigenvalue weighted by atomic mass is 32.2. The maximum Gasteiger partial charge on any atom is 0.313 e. The number of carboxylic acid groups (broad SMARTS) is 1. The van der Waals surface area contributed by atoms with Gasteiger partial charge in [-0.15, -0.1) is 0 Å². The number of hydrogen-bond donors (Lipinski definition) is 3. The lowest BCUT2D eigenvalue weighted by Gasteiger charge is -2.72. The van der Waals surface area contributed by atoms with Crippen molar-refractivity contribution in [2.75, 3.05) is 44.3 Å². The number of primary amides is 1. The first kappa shape index (κ1) is 43.6. The van der Waals surface area contributed by atoms with Gasteiger partial charge in [0.05, 0.1) is 11.5 Å². The Morgan fingerprint density at radius 3 is 2.37 bits per heavy atom. The van der Waals surface area contributed by atoms with Gasteiger partial charge in [-0.05, 0) is 152 Å².